The summed E-state index contributed by atoms with van der Waals surface area (Å²) in [6.45, 7) is 1.75. The normalized spacial score (nSPS) is 13.2. The topological polar surface area (TPSA) is 37.3 Å². The summed E-state index contributed by atoms with van der Waals surface area (Å²) in [5, 5.41) is 19.1. The van der Waals surface area contributed by atoms with Gasteiger partial charge in [-0.3, -0.25) is 4.79 Å². The summed E-state index contributed by atoms with van der Waals surface area (Å²) in [6.07, 6.45) is 0. The molecule has 25 heavy (non-hydrogen) atoms. The number of carboxylic acid groups (broad SMARTS) is 1. The van der Waals surface area contributed by atoms with E-state index in [2.05, 4.69) is 60.7 Å². The number of hydrogen-bond acceptors (Lipinski definition) is 1. The molecule has 120 valence electrons. The van der Waals surface area contributed by atoms with Gasteiger partial charge in [-0.25, -0.2) is 0 Å². The quantitative estimate of drug-likeness (QED) is 0.323. The van der Waals surface area contributed by atoms with Gasteiger partial charge in [-0.2, -0.15) is 0 Å². The third kappa shape index (κ3) is 1.88. The number of carboxylic acids is 1. The Hall–Kier alpha value is -3.13. The van der Waals surface area contributed by atoms with Crippen LogP contribution in [0.4, 0.5) is 0 Å². The van der Waals surface area contributed by atoms with Crippen molar-refractivity contribution >= 4 is 49.1 Å². The van der Waals surface area contributed by atoms with Crippen LogP contribution in [0.2, 0.25) is 0 Å². The van der Waals surface area contributed by atoms with Gasteiger partial charge in [-0.05, 0) is 61.6 Å². The van der Waals surface area contributed by atoms with E-state index in [1.54, 1.807) is 6.92 Å². The van der Waals surface area contributed by atoms with Crippen LogP contribution in [0.25, 0.3) is 43.1 Å². The molecule has 0 aliphatic rings. The fourth-order valence-corrected chi connectivity index (χ4v) is 4.07. The summed E-state index contributed by atoms with van der Waals surface area (Å²) in [7, 11) is 0. The van der Waals surface area contributed by atoms with Gasteiger partial charge in [-0.15, -0.1) is 0 Å². The van der Waals surface area contributed by atoms with E-state index in [1.165, 1.54) is 32.3 Å². The maximum Gasteiger partial charge on any atom is 0.310 e. The van der Waals surface area contributed by atoms with E-state index >= 15 is 0 Å². The van der Waals surface area contributed by atoms with Crippen LogP contribution in [0, 0.1) is 0 Å². The maximum absolute atomic E-state index is 11.5. The molecule has 0 saturated heterocycles. The molecule has 1 atom stereocenters. The van der Waals surface area contributed by atoms with Gasteiger partial charge in [0.2, 0.25) is 0 Å². The first kappa shape index (κ1) is 14.2. The highest BCUT2D eigenvalue weighted by atomic mass is 16.4. The average molecular weight is 324 g/mol. The van der Waals surface area contributed by atoms with Crippen LogP contribution in [0.1, 0.15) is 18.4 Å². The molecule has 0 heterocycles. The molecule has 0 aliphatic carbocycles. The molecule has 0 fully saturated rings. The molecule has 5 aromatic rings. The van der Waals surface area contributed by atoms with E-state index in [0.717, 1.165) is 16.3 Å². The molecular weight excluding hydrogens is 308 g/mol. The second kappa shape index (κ2) is 4.93. The molecule has 0 saturated carbocycles. The fourth-order valence-electron chi connectivity index (χ4n) is 4.07. The SMILES string of the molecule is CC(C(=O)O)c1cc2cccc3c4cccc5cccc(c(c1)c23)c54. The summed E-state index contributed by atoms with van der Waals surface area (Å²) in [6, 6.07) is 23.2. The lowest BCUT2D eigenvalue weighted by molar-refractivity contribution is -0.138. The van der Waals surface area contributed by atoms with Crippen molar-refractivity contribution in [3.8, 4) is 0 Å². The van der Waals surface area contributed by atoms with Crippen LogP contribution in [-0.2, 0) is 4.79 Å². The van der Waals surface area contributed by atoms with E-state index < -0.39 is 11.9 Å². The second-order valence-electron chi connectivity index (χ2n) is 6.74. The van der Waals surface area contributed by atoms with Gasteiger partial charge in [0.05, 0.1) is 5.92 Å². The van der Waals surface area contributed by atoms with Gasteiger partial charge >= 0.3 is 5.97 Å². The first-order valence-corrected chi connectivity index (χ1v) is 8.47. The average Bonchev–Trinajstić information content (AvgIpc) is 2.64. The van der Waals surface area contributed by atoms with Crippen LogP contribution < -0.4 is 0 Å². The molecule has 0 spiro atoms. The molecule has 0 radical (unpaired) electrons. The van der Waals surface area contributed by atoms with E-state index in [-0.39, 0.29) is 0 Å². The largest absolute Gasteiger partial charge is 0.481 e. The molecule has 0 amide bonds. The zero-order chi connectivity index (χ0) is 17.1. The third-order valence-corrected chi connectivity index (χ3v) is 5.35. The van der Waals surface area contributed by atoms with Crippen molar-refractivity contribution in [2.45, 2.75) is 12.8 Å². The minimum absolute atomic E-state index is 0.527. The van der Waals surface area contributed by atoms with Gasteiger partial charge in [0.1, 0.15) is 0 Å². The molecule has 0 aromatic heterocycles. The van der Waals surface area contributed by atoms with Gasteiger partial charge in [-0.1, -0.05) is 60.7 Å². The number of fused-ring (bicyclic) bond motifs is 2. The highest BCUT2D eigenvalue weighted by Gasteiger charge is 2.18. The van der Waals surface area contributed by atoms with E-state index in [9.17, 15) is 9.90 Å². The monoisotopic (exact) mass is 324 g/mol. The highest BCUT2D eigenvalue weighted by molar-refractivity contribution is 6.32. The Bertz CT molecular complexity index is 1280. The summed E-state index contributed by atoms with van der Waals surface area (Å²) in [5.41, 5.74) is 0.850. The smallest absolute Gasteiger partial charge is 0.310 e. The van der Waals surface area contributed by atoms with Gasteiger partial charge in [0.25, 0.3) is 0 Å². The zero-order valence-electron chi connectivity index (χ0n) is 13.8. The molecule has 0 aliphatic heterocycles. The molecule has 5 rings (SSSR count). The first-order valence-electron chi connectivity index (χ1n) is 8.47. The number of carbonyl (C=O) groups is 1. The number of rotatable bonds is 2. The molecule has 2 heteroatoms. The Labute approximate surface area is 144 Å². The van der Waals surface area contributed by atoms with Crippen molar-refractivity contribution in [1.82, 2.24) is 0 Å². The van der Waals surface area contributed by atoms with Crippen LogP contribution in [0.15, 0.2) is 66.7 Å². The highest BCUT2D eigenvalue weighted by Crippen LogP contribution is 2.41. The Balaban J connectivity index is 2.08. The van der Waals surface area contributed by atoms with Crippen LogP contribution in [-0.4, -0.2) is 11.1 Å². The van der Waals surface area contributed by atoms with Crippen LogP contribution >= 0.6 is 0 Å². The van der Waals surface area contributed by atoms with Crippen molar-refractivity contribution in [1.29, 1.82) is 0 Å². The van der Waals surface area contributed by atoms with E-state index in [0.29, 0.717) is 0 Å². The van der Waals surface area contributed by atoms with E-state index in [4.69, 9.17) is 0 Å². The van der Waals surface area contributed by atoms with E-state index in [1.807, 2.05) is 6.07 Å². The standard InChI is InChI=1S/C23H16O2/c1-13(23(24)25)16-11-15-7-4-9-18-17-8-2-5-14-6-3-10-19(21(14)17)20(12-16)22(15)18/h2-13H,1H3,(H,24,25). The zero-order valence-corrected chi connectivity index (χ0v) is 13.8. The van der Waals surface area contributed by atoms with Crippen molar-refractivity contribution in [2.24, 2.45) is 0 Å². The molecule has 2 nitrogen and oxygen atoms in total. The van der Waals surface area contributed by atoms with Crippen molar-refractivity contribution in [3.63, 3.8) is 0 Å². The van der Waals surface area contributed by atoms with Gasteiger partial charge in [0, 0.05) is 0 Å². The van der Waals surface area contributed by atoms with Crippen LogP contribution in [0.3, 0.4) is 0 Å². The first-order chi connectivity index (χ1) is 12.1. The predicted octanol–water partition coefficient (Wildman–Crippen LogP) is 5.93. The lowest BCUT2D eigenvalue weighted by atomic mass is 9.87. The maximum atomic E-state index is 11.5. The summed E-state index contributed by atoms with van der Waals surface area (Å²) in [5.74, 6) is -1.32. The number of hydrogen-bond donors (Lipinski definition) is 1. The summed E-state index contributed by atoms with van der Waals surface area (Å²) >= 11 is 0. The Morgan fingerprint density at radius 2 is 1.28 bits per heavy atom. The Morgan fingerprint density at radius 1 is 0.760 bits per heavy atom. The third-order valence-electron chi connectivity index (χ3n) is 5.35. The number of benzene rings is 5. The van der Waals surface area contributed by atoms with Crippen molar-refractivity contribution in [2.75, 3.05) is 0 Å². The molecule has 5 aromatic carbocycles. The fraction of sp³-hybridized carbons (Fsp3) is 0.0870. The molecule has 1 N–H and O–H groups in total. The minimum atomic E-state index is -0.794. The van der Waals surface area contributed by atoms with Gasteiger partial charge < -0.3 is 5.11 Å². The Morgan fingerprint density at radius 3 is 1.88 bits per heavy atom. The van der Waals surface area contributed by atoms with Crippen molar-refractivity contribution in [3.05, 3.63) is 72.3 Å². The van der Waals surface area contributed by atoms with Crippen LogP contribution in [0.5, 0.6) is 0 Å². The van der Waals surface area contributed by atoms with Gasteiger partial charge in [0.15, 0.2) is 0 Å². The predicted molar refractivity (Wildman–Crippen MR) is 104 cm³/mol. The second-order valence-corrected chi connectivity index (χ2v) is 6.74. The summed E-state index contributed by atoms with van der Waals surface area (Å²) < 4.78 is 0. The van der Waals surface area contributed by atoms with Crippen molar-refractivity contribution < 1.29 is 9.90 Å². The minimum Gasteiger partial charge on any atom is -0.481 e. The molecule has 0 bridgehead atoms. The lowest BCUT2D eigenvalue weighted by Crippen LogP contribution is -2.07. The molecule has 1 unspecified atom stereocenters. The lowest BCUT2D eigenvalue weighted by Gasteiger charge is -2.16. The number of aliphatic carboxylic acids is 1. The Kier molecular flexibility index (Phi) is 2.81. The summed E-state index contributed by atoms with van der Waals surface area (Å²) in [4.78, 5) is 11.5. The molecular formula is C23H16O2.